The summed E-state index contributed by atoms with van der Waals surface area (Å²) in [6.45, 7) is 0.756. The largest absolute Gasteiger partial charge is 0.467 e. The van der Waals surface area contributed by atoms with E-state index in [-0.39, 0.29) is 30.2 Å². The van der Waals surface area contributed by atoms with Gasteiger partial charge in [-0.1, -0.05) is 0 Å². The highest BCUT2D eigenvalue weighted by Crippen LogP contribution is 2.10. The molecule has 0 spiro atoms. The van der Waals surface area contributed by atoms with Gasteiger partial charge in [-0.25, -0.2) is 4.79 Å². The molecule has 0 saturated carbocycles. The molecule has 1 aliphatic heterocycles. The number of rotatable bonds is 2. The van der Waals surface area contributed by atoms with E-state index in [0.717, 1.165) is 0 Å². The average Bonchev–Trinajstić information content (AvgIpc) is 2.45. The highest BCUT2D eigenvalue weighted by Gasteiger charge is 2.30. The summed E-state index contributed by atoms with van der Waals surface area (Å²) >= 11 is 0. The van der Waals surface area contributed by atoms with Crippen LogP contribution in [0.25, 0.3) is 0 Å². The predicted octanol–water partition coefficient (Wildman–Crippen LogP) is -0.611. The smallest absolute Gasteiger partial charge is 0.336 e. The fourth-order valence-electron chi connectivity index (χ4n) is 1.87. The molecule has 0 aliphatic carbocycles. The van der Waals surface area contributed by atoms with Crippen molar-refractivity contribution in [2.45, 2.75) is 6.10 Å². The second-order valence-electron chi connectivity index (χ2n) is 4.08. The second-order valence-corrected chi connectivity index (χ2v) is 4.08. The van der Waals surface area contributed by atoms with E-state index in [1.807, 2.05) is 0 Å². The van der Waals surface area contributed by atoms with Crippen molar-refractivity contribution in [2.24, 2.45) is 0 Å². The van der Waals surface area contributed by atoms with Crippen molar-refractivity contribution in [1.82, 2.24) is 9.88 Å². The van der Waals surface area contributed by atoms with Gasteiger partial charge >= 0.3 is 5.97 Å². The Morgan fingerprint density at radius 2 is 2.32 bits per heavy atom. The summed E-state index contributed by atoms with van der Waals surface area (Å²) in [4.78, 5) is 38.6. The zero-order valence-corrected chi connectivity index (χ0v) is 10.4. The van der Waals surface area contributed by atoms with Crippen LogP contribution in [0.5, 0.6) is 0 Å². The standard InChI is InChI=1S/C12H14N2O5/c1-18-12(17)9-7-14(4-5-19-9)11(16)8-2-3-13-10(15)6-8/h2-3,6,9H,4-5,7H2,1H3,(H,13,15). The Kier molecular flexibility index (Phi) is 3.96. The van der Waals surface area contributed by atoms with Gasteiger partial charge in [-0.05, 0) is 6.07 Å². The van der Waals surface area contributed by atoms with Gasteiger partial charge in [0.15, 0.2) is 6.10 Å². The number of H-pyrrole nitrogens is 1. The number of nitrogens with zero attached hydrogens (tertiary/aromatic N) is 1. The first-order chi connectivity index (χ1) is 9.11. The molecular formula is C12H14N2O5. The molecule has 0 bridgehead atoms. The van der Waals surface area contributed by atoms with Gasteiger partial charge in [-0.15, -0.1) is 0 Å². The van der Waals surface area contributed by atoms with Gasteiger partial charge in [0.25, 0.3) is 5.91 Å². The normalized spacial score (nSPS) is 19.0. The van der Waals surface area contributed by atoms with Crippen LogP contribution in [0.2, 0.25) is 0 Å². The van der Waals surface area contributed by atoms with Crippen LogP contribution in [0.15, 0.2) is 23.1 Å². The van der Waals surface area contributed by atoms with E-state index >= 15 is 0 Å². The number of amides is 1. The minimum absolute atomic E-state index is 0.123. The number of carbonyl (C=O) groups is 2. The first kappa shape index (κ1) is 13.3. The van der Waals surface area contributed by atoms with Gasteiger partial charge in [0.2, 0.25) is 5.56 Å². The molecule has 2 rings (SSSR count). The lowest BCUT2D eigenvalue weighted by Gasteiger charge is -2.31. The Labute approximate surface area is 109 Å². The van der Waals surface area contributed by atoms with Crippen molar-refractivity contribution in [3.05, 3.63) is 34.2 Å². The predicted molar refractivity (Wildman–Crippen MR) is 64.7 cm³/mol. The number of hydrogen-bond donors (Lipinski definition) is 1. The fraction of sp³-hybridized carbons (Fsp3) is 0.417. The van der Waals surface area contributed by atoms with E-state index in [9.17, 15) is 14.4 Å². The number of ether oxygens (including phenoxy) is 2. The molecule has 1 aromatic rings. The van der Waals surface area contributed by atoms with Crippen molar-refractivity contribution >= 4 is 11.9 Å². The molecule has 1 atom stereocenters. The molecule has 0 aromatic carbocycles. The van der Waals surface area contributed by atoms with Gasteiger partial charge in [0.05, 0.1) is 20.3 Å². The van der Waals surface area contributed by atoms with E-state index in [1.54, 1.807) is 0 Å². The topological polar surface area (TPSA) is 88.7 Å². The summed E-state index contributed by atoms with van der Waals surface area (Å²) < 4.78 is 9.82. The van der Waals surface area contributed by atoms with E-state index in [0.29, 0.717) is 6.54 Å². The monoisotopic (exact) mass is 266 g/mol. The Balaban J connectivity index is 2.11. The molecule has 1 amide bonds. The third-order valence-electron chi connectivity index (χ3n) is 2.84. The average molecular weight is 266 g/mol. The van der Waals surface area contributed by atoms with Crippen molar-refractivity contribution in [3.8, 4) is 0 Å². The number of aromatic amines is 1. The quantitative estimate of drug-likeness (QED) is 0.721. The minimum Gasteiger partial charge on any atom is -0.467 e. The van der Waals surface area contributed by atoms with E-state index < -0.39 is 12.1 Å². The summed E-state index contributed by atoms with van der Waals surface area (Å²) in [6.07, 6.45) is 0.637. The molecule has 1 saturated heterocycles. The van der Waals surface area contributed by atoms with Crippen molar-refractivity contribution < 1.29 is 19.1 Å². The number of carbonyl (C=O) groups excluding carboxylic acids is 2. The Morgan fingerprint density at radius 3 is 3.00 bits per heavy atom. The first-order valence-corrected chi connectivity index (χ1v) is 5.79. The minimum atomic E-state index is -0.773. The zero-order chi connectivity index (χ0) is 13.8. The molecule has 7 nitrogen and oxygen atoms in total. The van der Waals surface area contributed by atoms with Crippen molar-refractivity contribution in [2.75, 3.05) is 26.8 Å². The SMILES string of the molecule is COC(=O)C1CN(C(=O)c2cc[nH]c(=O)c2)CCO1. The van der Waals surface area contributed by atoms with E-state index in [1.165, 1.54) is 30.3 Å². The number of hydrogen-bond acceptors (Lipinski definition) is 5. The summed E-state index contributed by atoms with van der Waals surface area (Å²) in [7, 11) is 1.27. The lowest BCUT2D eigenvalue weighted by Crippen LogP contribution is -2.49. The summed E-state index contributed by atoms with van der Waals surface area (Å²) in [5.74, 6) is -0.813. The van der Waals surface area contributed by atoms with Crippen LogP contribution >= 0.6 is 0 Å². The molecule has 102 valence electrons. The maximum absolute atomic E-state index is 12.2. The molecule has 1 unspecified atom stereocenters. The highest BCUT2D eigenvalue weighted by atomic mass is 16.6. The summed E-state index contributed by atoms with van der Waals surface area (Å²) in [5.41, 5.74) is -0.0575. The lowest BCUT2D eigenvalue weighted by atomic mass is 10.2. The molecule has 7 heteroatoms. The molecule has 1 fully saturated rings. The number of morpholine rings is 1. The number of aromatic nitrogens is 1. The maximum Gasteiger partial charge on any atom is 0.336 e. The maximum atomic E-state index is 12.2. The van der Waals surface area contributed by atoms with Gasteiger partial charge in [0.1, 0.15) is 0 Å². The van der Waals surface area contributed by atoms with Crippen molar-refractivity contribution in [3.63, 3.8) is 0 Å². The summed E-state index contributed by atoms with van der Waals surface area (Å²) in [6, 6.07) is 2.75. The Hall–Kier alpha value is -2.15. The van der Waals surface area contributed by atoms with Crippen LogP contribution in [-0.2, 0) is 14.3 Å². The molecule has 2 heterocycles. The third-order valence-corrected chi connectivity index (χ3v) is 2.84. The van der Waals surface area contributed by atoms with E-state index in [2.05, 4.69) is 9.72 Å². The van der Waals surface area contributed by atoms with Crippen molar-refractivity contribution in [1.29, 1.82) is 0 Å². The van der Waals surface area contributed by atoms with Crippen LogP contribution < -0.4 is 5.56 Å². The molecule has 1 N–H and O–H groups in total. The third kappa shape index (κ3) is 3.00. The van der Waals surface area contributed by atoms with Crippen LogP contribution in [0.3, 0.4) is 0 Å². The number of esters is 1. The number of nitrogens with one attached hydrogen (secondary N) is 1. The molecular weight excluding hydrogens is 252 g/mol. The summed E-state index contributed by atoms with van der Waals surface area (Å²) in [5, 5.41) is 0. The second kappa shape index (κ2) is 5.66. The Bertz CT molecular complexity index is 539. The highest BCUT2D eigenvalue weighted by molar-refractivity contribution is 5.94. The van der Waals surface area contributed by atoms with Gasteiger partial charge in [0, 0.05) is 24.4 Å². The van der Waals surface area contributed by atoms with Crippen LogP contribution in [0.1, 0.15) is 10.4 Å². The lowest BCUT2D eigenvalue weighted by molar-refractivity contribution is -0.158. The molecule has 1 aromatic heterocycles. The number of pyridine rings is 1. The molecule has 0 radical (unpaired) electrons. The zero-order valence-electron chi connectivity index (χ0n) is 10.4. The van der Waals surface area contributed by atoms with Crippen LogP contribution in [-0.4, -0.2) is 54.7 Å². The van der Waals surface area contributed by atoms with Gasteiger partial charge < -0.3 is 19.4 Å². The van der Waals surface area contributed by atoms with Gasteiger partial charge in [-0.3, -0.25) is 9.59 Å². The number of methoxy groups -OCH3 is 1. The van der Waals surface area contributed by atoms with Crippen LogP contribution in [0.4, 0.5) is 0 Å². The molecule has 1 aliphatic rings. The first-order valence-electron chi connectivity index (χ1n) is 5.79. The van der Waals surface area contributed by atoms with Gasteiger partial charge in [-0.2, -0.15) is 0 Å². The Morgan fingerprint density at radius 1 is 1.53 bits per heavy atom. The fourth-order valence-corrected chi connectivity index (χ4v) is 1.87. The van der Waals surface area contributed by atoms with Crippen LogP contribution in [0, 0.1) is 0 Å². The molecule has 19 heavy (non-hydrogen) atoms. The van der Waals surface area contributed by atoms with E-state index in [4.69, 9.17) is 4.74 Å².